The number of benzene rings is 1. The standard InChI is InChI=1S/C19H21N5O2/c25-17-15-16(22-18(21-15)20-14-4-2-1-3-5-14)23(10-12-6-7-12)19(26)24(17)11-13-8-9-13/h1-5,12-13H,6-11H2,(H2,20,21,22). The zero-order valence-corrected chi connectivity index (χ0v) is 14.4. The summed E-state index contributed by atoms with van der Waals surface area (Å²) in [5.74, 6) is 1.46. The van der Waals surface area contributed by atoms with E-state index in [0.717, 1.165) is 31.4 Å². The summed E-state index contributed by atoms with van der Waals surface area (Å²) in [4.78, 5) is 33.5. The van der Waals surface area contributed by atoms with Gasteiger partial charge in [0.25, 0.3) is 5.56 Å². The highest BCUT2D eigenvalue weighted by Gasteiger charge is 2.28. The highest BCUT2D eigenvalue weighted by Crippen LogP contribution is 2.31. The van der Waals surface area contributed by atoms with Crippen molar-refractivity contribution in [3.05, 3.63) is 51.2 Å². The second-order valence-electron chi connectivity index (χ2n) is 7.47. The Morgan fingerprint density at radius 1 is 1.00 bits per heavy atom. The summed E-state index contributed by atoms with van der Waals surface area (Å²) < 4.78 is 3.08. The predicted octanol–water partition coefficient (Wildman–Crippen LogP) is 2.45. The lowest BCUT2D eigenvalue weighted by Crippen LogP contribution is -2.41. The van der Waals surface area contributed by atoms with Crippen molar-refractivity contribution in [2.45, 2.75) is 38.8 Å². The number of fused-ring (bicyclic) bond motifs is 1. The highest BCUT2D eigenvalue weighted by atomic mass is 16.2. The molecule has 26 heavy (non-hydrogen) atoms. The molecule has 2 aliphatic carbocycles. The maximum absolute atomic E-state index is 12.9. The van der Waals surface area contributed by atoms with Crippen molar-refractivity contribution < 1.29 is 0 Å². The quantitative estimate of drug-likeness (QED) is 0.714. The van der Waals surface area contributed by atoms with E-state index in [1.54, 1.807) is 4.57 Å². The zero-order chi connectivity index (χ0) is 17.7. The Kier molecular flexibility index (Phi) is 3.48. The number of rotatable bonds is 6. The number of para-hydroxylation sites is 1. The van der Waals surface area contributed by atoms with E-state index in [1.807, 2.05) is 30.3 Å². The van der Waals surface area contributed by atoms with Crippen LogP contribution >= 0.6 is 0 Å². The van der Waals surface area contributed by atoms with Crippen LogP contribution in [0.4, 0.5) is 11.6 Å². The molecular formula is C19H21N5O2. The lowest BCUT2D eigenvalue weighted by atomic mass is 10.3. The first-order valence-electron chi connectivity index (χ1n) is 9.24. The average molecular weight is 351 g/mol. The molecule has 0 saturated heterocycles. The van der Waals surface area contributed by atoms with Crippen LogP contribution in [0.15, 0.2) is 39.9 Å². The first kappa shape index (κ1) is 15.4. The van der Waals surface area contributed by atoms with Gasteiger partial charge < -0.3 is 10.3 Å². The number of imidazole rings is 1. The number of hydrogen-bond donors (Lipinski definition) is 2. The van der Waals surface area contributed by atoms with Gasteiger partial charge in [-0.15, -0.1) is 0 Å². The summed E-state index contributed by atoms with van der Waals surface area (Å²) in [7, 11) is 0. The molecule has 0 amide bonds. The van der Waals surface area contributed by atoms with Crippen molar-refractivity contribution >= 4 is 22.8 Å². The molecule has 2 fully saturated rings. The van der Waals surface area contributed by atoms with E-state index in [0.29, 0.717) is 42.0 Å². The summed E-state index contributed by atoms with van der Waals surface area (Å²) in [5.41, 5.74) is 1.25. The number of aromatic nitrogens is 4. The molecule has 0 atom stereocenters. The molecule has 0 bridgehead atoms. The molecule has 0 unspecified atom stereocenters. The molecule has 2 heterocycles. The van der Waals surface area contributed by atoms with Gasteiger partial charge in [-0.3, -0.25) is 13.9 Å². The minimum Gasteiger partial charge on any atom is -0.326 e. The molecule has 3 aromatic rings. The largest absolute Gasteiger partial charge is 0.332 e. The summed E-state index contributed by atoms with van der Waals surface area (Å²) in [6, 6.07) is 9.65. The molecule has 2 N–H and O–H groups in total. The van der Waals surface area contributed by atoms with Crippen molar-refractivity contribution in [2.75, 3.05) is 5.32 Å². The topological polar surface area (TPSA) is 84.7 Å². The average Bonchev–Trinajstić information content (AvgIpc) is 3.57. The first-order chi connectivity index (χ1) is 12.7. The number of anilines is 2. The van der Waals surface area contributed by atoms with E-state index in [1.165, 1.54) is 4.57 Å². The van der Waals surface area contributed by atoms with Gasteiger partial charge in [-0.05, 0) is 49.7 Å². The van der Waals surface area contributed by atoms with Crippen LogP contribution in [0.3, 0.4) is 0 Å². The Bertz CT molecular complexity index is 1070. The van der Waals surface area contributed by atoms with Crippen LogP contribution in [0.1, 0.15) is 25.7 Å². The van der Waals surface area contributed by atoms with Gasteiger partial charge in [0.2, 0.25) is 5.95 Å². The van der Waals surface area contributed by atoms with Gasteiger partial charge in [-0.25, -0.2) is 4.79 Å². The molecule has 0 spiro atoms. The van der Waals surface area contributed by atoms with Gasteiger partial charge in [-0.1, -0.05) is 18.2 Å². The lowest BCUT2D eigenvalue weighted by molar-refractivity contribution is 0.520. The van der Waals surface area contributed by atoms with Crippen molar-refractivity contribution in [3.63, 3.8) is 0 Å². The van der Waals surface area contributed by atoms with Crippen LogP contribution in [0, 0.1) is 11.8 Å². The zero-order valence-electron chi connectivity index (χ0n) is 14.4. The highest BCUT2D eigenvalue weighted by molar-refractivity contribution is 5.74. The van der Waals surface area contributed by atoms with Crippen molar-refractivity contribution in [2.24, 2.45) is 11.8 Å². The number of nitrogens with one attached hydrogen (secondary N) is 2. The van der Waals surface area contributed by atoms with E-state index in [-0.39, 0.29) is 11.2 Å². The fourth-order valence-electron chi connectivity index (χ4n) is 3.33. The van der Waals surface area contributed by atoms with Gasteiger partial charge in [-0.2, -0.15) is 4.98 Å². The van der Waals surface area contributed by atoms with Crippen LogP contribution in [0.2, 0.25) is 0 Å². The lowest BCUT2D eigenvalue weighted by Gasteiger charge is -2.10. The molecule has 5 rings (SSSR count). The smallest absolute Gasteiger partial charge is 0.326 e. The fraction of sp³-hybridized carbons (Fsp3) is 0.421. The SMILES string of the molecule is O=c1c2[nH]c(Nc3ccccc3)nc2n(CC2CC2)c(=O)n1CC1CC1. The molecule has 7 nitrogen and oxygen atoms in total. The molecule has 2 saturated carbocycles. The van der Waals surface area contributed by atoms with Gasteiger partial charge >= 0.3 is 5.69 Å². The van der Waals surface area contributed by atoms with Crippen LogP contribution in [0.5, 0.6) is 0 Å². The molecule has 0 radical (unpaired) electrons. The maximum atomic E-state index is 12.9. The first-order valence-corrected chi connectivity index (χ1v) is 9.24. The minimum atomic E-state index is -0.266. The van der Waals surface area contributed by atoms with Gasteiger partial charge in [0.05, 0.1) is 0 Å². The predicted molar refractivity (Wildman–Crippen MR) is 99.8 cm³/mol. The van der Waals surface area contributed by atoms with Crippen molar-refractivity contribution in [1.82, 2.24) is 19.1 Å². The third kappa shape index (κ3) is 2.83. The summed E-state index contributed by atoms with van der Waals surface area (Å²) in [6.45, 7) is 1.15. The van der Waals surface area contributed by atoms with Crippen molar-refractivity contribution in [3.8, 4) is 0 Å². The Morgan fingerprint density at radius 3 is 2.31 bits per heavy atom. The number of H-pyrrole nitrogens is 1. The van der Waals surface area contributed by atoms with Crippen LogP contribution in [-0.4, -0.2) is 19.1 Å². The normalized spacial score (nSPS) is 16.9. The number of hydrogen-bond acceptors (Lipinski definition) is 4. The van der Waals surface area contributed by atoms with E-state index in [4.69, 9.17) is 0 Å². The van der Waals surface area contributed by atoms with Gasteiger partial charge in [0.15, 0.2) is 11.2 Å². The molecule has 0 aliphatic heterocycles. The Labute approximate surface area is 149 Å². The Morgan fingerprint density at radius 2 is 1.65 bits per heavy atom. The summed E-state index contributed by atoms with van der Waals surface area (Å²) in [5, 5.41) is 3.18. The van der Waals surface area contributed by atoms with E-state index >= 15 is 0 Å². The minimum absolute atomic E-state index is 0.223. The third-order valence-corrected chi connectivity index (χ3v) is 5.17. The Hall–Kier alpha value is -2.83. The molecule has 134 valence electrons. The maximum Gasteiger partial charge on any atom is 0.332 e. The van der Waals surface area contributed by atoms with E-state index in [2.05, 4.69) is 15.3 Å². The summed E-state index contributed by atoms with van der Waals surface area (Å²) >= 11 is 0. The summed E-state index contributed by atoms with van der Waals surface area (Å²) in [6.07, 6.45) is 4.46. The number of nitrogens with zero attached hydrogens (tertiary/aromatic N) is 3. The van der Waals surface area contributed by atoms with Crippen LogP contribution < -0.4 is 16.6 Å². The second kappa shape index (κ2) is 5.86. The third-order valence-electron chi connectivity index (χ3n) is 5.17. The molecule has 2 aromatic heterocycles. The van der Waals surface area contributed by atoms with Crippen LogP contribution in [0.25, 0.3) is 11.2 Å². The van der Waals surface area contributed by atoms with Gasteiger partial charge in [0, 0.05) is 18.8 Å². The molecule has 2 aliphatic rings. The van der Waals surface area contributed by atoms with Crippen LogP contribution in [-0.2, 0) is 13.1 Å². The molecular weight excluding hydrogens is 330 g/mol. The molecule has 7 heteroatoms. The number of aromatic amines is 1. The second-order valence-corrected chi connectivity index (χ2v) is 7.47. The Balaban J connectivity index is 1.63. The monoisotopic (exact) mass is 351 g/mol. The van der Waals surface area contributed by atoms with E-state index < -0.39 is 0 Å². The van der Waals surface area contributed by atoms with Crippen molar-refractivity contribution in [1.29, 1.82) is 0 Å². The van der Waals surface area contributed by atoms with E-state index in [9.17, 15) is 9.59 Å². The fourth-order valence-corrected chi connectivity index (χ4v) is 3.33. The molecule has 1 aromatic carbocycles. The van der Waals surface area contributed by atoms with Gasteiger partial charge in [0.1, 0.15) is 0 Å².